The fourth-order valence-electron chi connectivity index (χ4n) is 3.17. The van der Waals surface area contributed by atoms with Gasteiger partial charge in [0.1, 0.15) is 6.34 Å². The Morgan fingerprint density at radius 3 is 2.83 bits per heavy atom. The zero-order valence-corrected chi connectivity index (χ0v) is 14.3. The fraction of sp³-hybridized carbons (Fsp3) is 0.611. The van der Waals surface area contributed by atoms with Gasteiger partial charge in [0, 0.05) is 24.0 Å². The minimum absolute atomic E-state index is 0.0860. The topological polar surface area (TPSA) is 79.5 Å². The van der Waals surface area contributed by atoms with E-state index in [1.165, 1.54) is 11.9 Å². The summed E-state index contributed by atoms with van der Waals surface area (Å²) in [5, 5.41) is 10.9. The van der Waals surface area contributed by atoms with Crippen LogP contribution in [0.3, 0.4) is 0 Å². The van der Waals surface area contributed by atoms with Gasteiger partial charge in [0.25, 0.3) is 0 Å². The zero-order valence-electron chi connectivity index (χ0n) is 14.3. The van der Waals surface area contributed by atoms with Crippen LogP contribution >= 0.6 is 0 Å². The van der Waals surface area contributed by atoms with Gasteiger partial charge in [-0.25, -0.2) is 4.99 Å². The van der Waals surface area contributed by atoms with E-state index in [4.69, 9.17) is 14.7 Å². The van der Waals surface area contributed by atoms with Crippen molar-refractivity contribution in [2.45, 2.75) is 51.7 Å². The van der Waals surface area contributed by atoms with Gasteiger partial charge < -0.3 is 9.47 Å². The van der Waals surface area contributed by atoms with Crippen molar-refractivity contribution in [2.24, 2.45) is 10.4 Å². The average molecular weight is 328 g/mol. The molecule has 1 fully saturated rings. The van der Waals surface area contributed by atoms with Crippen LogP contribution in [0.4, 0.5) is 5.69 Å². The predicted molar refractivity (Wildman–Crippen MR) is 90.8 cm³/mol. The Balaban J connectivity index is 1.73. The highest BCUT2D eigenvalue weighted by molar-refractivity contribution is 5.62. The van der Waals surface area contributed by atoms with Crippen LogP contribution in [-0.2, 0) is 22.3 Å². The van der Waals surface area contributed by atoms with Gasteiger partial charge in [0.05, 0.1) is 25.1 Å². The van der Waals surface area contributed by atoms with Crippen molar-refractivity contribution in [3.63, 3.8) is 0 Å². The van der Waals surface area contributed by atoms with Crippen molar-refractivity contribution >= 4 is 12.0 Å². The molecule has 1 N–H and O–H groups in total. The second kappa shape index (κ2) is 6.88. The summed E-state index contributed by atoms with van der Waals surface area (Å²) in [5.41, 5.74) is 3.16. The lowest BCUT2D eigenvalue weighted by Crippen LogP contribution is -2.48. The minimum atomic E-state index is -0.450. The van der Waals surface area contributed by atoms with Gasteiger partial charge >= 0.3 is 0 Å². The summed E-state index contributed by atoms with van der Waals surface area (Å²) in [6, 6.07) is 2.05. The summed E-state index contributed by atoms with van der Waals surface area (Å²) in [6.45, 7) is 5.81. The van der Waals surface area contributed by atoms with Gasteiger partial charge in [0.15, 0.2) is 12.0 Å². The van der Waals surface area contributed by atoms with Gasteiger partial charge in [-0.2, -0.15) is 5.26 Å². The van der Waals surface area contributed by atoms with Crippen LogP contribution in [0, 0.1) is 16.9 Å². The molecule has 0 bridgehead atoms. The van der Waals surface area contributed by atoms with Gasteiger partial charge in [-0.1, -0.05) is 13.8 Å². The standard InChI is InChI=1S/C18H24N4O2/c1-17(2)10-23-18(24-11-17)6-3-4-16-14(5-7-18)8-15(9-21-16)22-13-20-12-19/h8-9,13H,3-7,10-11H2,1-2H3,(H,20,22). The molecule has 128 valence electrons. The van der Waals surface area contributed by atoms with Crippen molar-refractivity contribution in [3.8, 4) is 6.19 Å². The number of pyridine rings is 1. The molecule has 1 spiro atoms. The molecule has 6 heteroatoms. The molecule has 2 aliphatic rings. The number of nitrogens with one attached hydrogen (secondary N) is 1. The molecule has 1 aromatic rings. The van der Waals surface area contributed by atoms with Crippen molar-refractivity contribution in [1.82, 2.24) is 10.3 Å². The molecule has 0 unspecified atom stereocenters. The van der Waals surface area contributed by atoms with E-state index in [1.807, 2.05) is 12.3 Å². The number of hydrogen-bond acceptors (Lipinski definition) is 5. The summed E-state index contributed by atoms with van der Waals surface area (Å²) >= 11 is 0. The molecule has 0 radical (unpaired) electrons. The summed E-state index contributed by atoms with van der Waals surface area (Å²) in [5.74, 6) is -0.450. The molecule has 0 atom stereocenters. The van der Waals surface area contributed by atoms with Crippen LogP contribution in [0.5, 0.6) is 0 Å². The third-order valence-electron chi connectivity index (χ3n) is 4.59. The number of rotatable bonds is 2. The van der Waals surface area contributed by atoms with Gasteiger partial charge in [-0.3, -0.25) is 10.3 Å². The molecule has 0 amide bonds. The lowest BCUT2D eigenvalue weighted by molar-refractivity contribution is -0.304. The Kier molecular flexibility index (Phi) is 4.83. The third-order valence-corrected chi connectivity index (χ3v) is 4.59. The highest BCUT2D eigenvalue weighted by Crippen LogP contribution is 2.37. The van der Waals surface area contributed by atoms with Crippen LogP contribution in [0.2, 0.25) is 0 Å². The fourth-order valence-corrected chi connectivity index (χ4v) is 3.17. The number of aromatic nitrogens is 1. The highest BCUT2D eigenvalue weighted by Gasteiger charge is 2.40. The normalized spacial score (nSPS) is 22.4. The monoisotopic (exact) mass is 328 g/mol. The summed E-state index contributed by atoms with van der Waals surface area (Å²) < 4.78 is 12.3. The number of aryl methyl sites for hydroxylation is 2. The quantitative estimate of drug-likeness (QED) is 0.391. The Morgan fingerprint density at radius 2 is 2.08 bits per heavy atom. The highest BCUT2D eigenvalue weighted by atomic mass is 16.7. The van der Waals surface area contributed by atoms with Crippen LogP contribution in [0.15, 0.2) is 17.3 Å². The zero-order chi connectivity index (χ0) is 17.0. The maximum Gasteiger partial charge on any atom is 0.182 e. The van der Waals surface area contributed by atoms with Crippen molar-refractivity contribution in [3.05, 3.63) is 23.5 Å². The number of ether oxygens (including phenoxy) is 2. The van der Waals surface area contributed by atoms with E-state index in [9.17, 15) is 0 Å². The second-order valence-corrected chi connectivity index (χ2v) is 7.32. The first kappa shape index (κ1) is 16.9. The molecular formula is C18H24N4O2. The maximum absolute atomic E-state index is 8.49. The molecule has 24 heavy (non-hydrogen) atoms. The molecule has 1 aliphatic heterocycles. The van der Waals surface area contributed by atoms with E-state index < -0.39 is 5.79 Å². The Bertz CT molecular complexity index is 653. The Hall–Kier alpha value is -1.97. The van der Waals surface area contributed by atoms with Crippen LogP contribution in [0.1, 0.15) is 44.4 Å². The second-order valence-electron chi connectivity index (χ2n) is 7.32. The molecule has 6 nitrogen and oxygen atoms in total. The van der Waals surface area contributed by atoms with Gasteiger partial charge in [-0.15, -0.1) is 0 Å². The lowest BCUT2D eigenvalue weighted by atomic mass is 9.89. The molecule has 3 rings (SSSR count). The average Bonchev–Trinajstić information content (AvgIpc) is 2.55. The van der Waals surface area contributed by atoms with Crippen molar-refractivity contribution < 1.29 is 9.47 Å². The predicted octanol–water partition coefficient (Wildman–Crippen LogP) is 2.85. The summed E-state index contributed by atoms with van der Waals surface area (Å²) in [4.78, 5) is 8.75. The summed E-state index contributed by atoms with van der Waals surface area (Å²) in [7, 11) is 0. The number of nitrogens with zero attached hydrogens (tertiary/aromatic N) is 3. The number of fused-ring (bicyclic) bond motifs is 1. The molecular weight excluding hydrogens is 304 g/mol. The van der Waals surface area contributed by atoms with E-state index in [0.717, 1.165) is 56.7 Å². The van der Waals surface area contributed by atoms with E-state index in [0.29, 0.717) is 0 Å². The largest absolute Gasteiger partial charge is 0.349 e. The SMILES string of the molecule is CC1(C)COC2(CCCc3ncc(N=CNC#N)cc3CC2)OC1. The van der Waals surface area contributed by atoms with E-state index >= 15 is 0 Å². The molecule has 1 aliphatic carbocycles. The van der Waals surface area contributed by atoms with Crippen molar-refractivity contribution in [1.29, 1.82) is 5.26 Å². The van der Waals surface area contributed by atoms with Crippen molar-refractivity contribution in [2.75, 3.05) is 13.2 Å². The number of nitriles is 1. The molecule has 0 saturated carbocycles. The van der Waals surface area contributed by atoms with E-state index in [2.05, 4.69) is 29.1 Å². The first-order chi connectivity index (χ1) is 11.5. The number of aliphatic imine (C=N–C) groups is 1. The van der Waals surface area contributed by atoms with Crippen LogP contribution < -0.4 is 5.32 Å². The molecule has 0 aromatic carbocycles. The minimum Gasteiger partial charge on any atom is -0.349 e. The smallest absolute Gasteiger partial charge is 0.182 e. The lowest BCUT2D eigenvalue weighted by Gasteiger charge is -2.44. The summed E-state index contributed by atoms with van der Waals surface area (Å²) in [6.07, 6.45) is 9.47. The maximum atomic E-state index is 8.49. The van der Waals surface area contributed by atoms with E-state index in [-0.39, 0.29) is 5.41 Å². The molecule has 2 heterocycles. The number of hydrogen-bond donors (Lipinski definition) is 1. The Morgan fingerprint density at radius 1 is 1.29 bits per heavy atom. The van der Waals surface area contributed by atoms with Gasteiger partial charge in [0.2, 0.25) is 0 Å². The van der Waals surface area contributed by atoms with Crippen LogP contribution in [0.25, 0.3) is 0 Å². The van der Waals surface area contributed by atoms with E-state index in [1.54, 1.807) is 6.20 Å². The first-order valence-corrected chi connectivity index (χ1v) is 8.45. The third kappa shape index (κ3) is 3.92. The molecule has 1 saturated heterocycles. The van der Waals surface area contributed by atoms with Crippen LogP contribution in [-0.4, -0.2) is 30.3 Å². The molecule has 1 aromatic heterocycles. The first-order valence-electron chi connectivity index (χ1n) is 8.45. The van der Waals surface area contributed by atoms with Gasteiger partial charge in [-0.05, 0) is 30.9 Å². The Labute approximate surface area is 142 Å².